The Labute approximate surface area is 154 Å². The number of halogens is 2. The van der Waals surface area contributed by atoms with Crippen LogP contribution in [0.4, 0.5) is 4.39 Å². The smallest absolute Gasteiger partial charge is 0.260 e. The lowest BCUT2D eigenvalue weighted by atomic mass is 10.1. The number of ether oxygens (including phenoxy) is 2. The summed E-state index contributed by atoms with van der Waals surface area (Å²) in [7, 11) is 0. The molecule has 132 valence electrons. The first-order valence-corrected chi connectivity index (χ1v) is 8.88. The molecule has 0 radical (unpaired) electrons. The first-order chi connectivity index (χ1) is 12.0. The van der Waals surface area contributed by atoms with E-state index in [2.05, 4.69) is 15.9 Å². The molecule has 4 nitrogen and oxygen atoms in total. The Morgan fingerprint density at radius 2 is 2.04 bits per heavy atom. The molecule has 1 aliphatic heterocycles. The van der Waals surface area contributed by atoms with Crippen molar-refractivity contribution in [3.63, 3.8) is 0 Å². The number of carbonyl (C=O) groups excluding carboxylic acids is 1. The fourth-order valence-electron chi connectivity index (χ4n) is 2.83. The number of benzene rings is 2. The Kier molecular flexibility index (Phi) is 5.71. The van der Waals surface area contributed by atoms with E-state index >= 15 is 0 Å². The van der Waals surface area contributed by atoms with Crippen LogP contribution in [-0.4, -0.2) is 36.6 Å². The van der Waals surface area contributed by atoms with Crippen LogP contribution in [-0.2, 0) is 9.53 Å². The van der Waals surface area contributed by atoms with Crippen LogP contribution in [0.1, 0.15) is 18.6 Å². The lowest BCUT2D eigenvalue weighted by molar-refractivity contribution is -0.146. The van der Waals surface area contributed by atoms with Crippen molar-refractivity contribution in [3.8, 4) is 5.75 Å². The molecule has 2 aromatic carbocycles. The summed E-state index contributed by atoms with van der Waals surface area (Å²) in [5.41, 5.74) is 1.03. The third kappa shape index (κ3) is 4.58. The van der Waals surface area contributed by atoms with Crippen molar-refractivity contribution < 1.29 is 18.7 Å². The van der Waals surface area contributed by atoms with Gasteiger partial charge >= 0.3 is 0 Å². The Bertz CT molecular complexity index is 741. The van der Waals surface area contributed by atoms with Gasteiger partial charge in [-0.25, -0.2) is 4.39 Å². The second-order valence-corrected chi connectivity index (χ2v) is 6.92. The zero-order chi connectivity index (χ0) is 17.8. The number of carbonyl (C=O) groups is 1. The minimum Gasteiger partial charge on any atom is -0.481 e. The Morgan fingerprint density at radius 3 is 2.76 bits per heavy atom. The van der Waals surface area contributed by atoms with E-state index in [1.54, 1.807) is 11.0 Å². The minimum absolute atomic E-state index is 0.0671. The maximum Gasteiger partial charge on any atom is 0.260 e. The van der Waals surface area contributed by atoms with Gasteiger partial charge in [0.2, 0.25) is 0 Å². The number of amides is 1. The van der Waals surface area contributed by atoms with Gasteiger partial charge in [0.05, 0.1) is 12.6 Å². The van der Waals surface area contributed by atoms with Gasteiger partial charge in [0.15, 0.2) is 18.2 Å². The van der Waals surface area contributed by atoms with Crippen LogP contribution in [0.3, 0.4) is 0 Å². The lowest BCUT2D eigenvalue weighted by Crippen LogP contribution is -2.47. The fourth-order valence-corrected chi connectivity index (χ4v) is 3.16. The zero-order valence-corrected chi connectivity index (χ0v) is 15.4. The van der Waals surface area contributed by atoms with Crippen molar-refractivity contribution in [1.82, 2.24) is 4.90 Å². The molecule has 0 aliphatic carbocycles. The predicted molar refractivity (Wildman–Crippen MR) is 95.9 cm³/mol. The first-order valence-electron chi connectivity index (χ1n) is 8.09. The molecule has 0 spiro atoms. The summed E-state index contributed by atoms with van der Waals surface area (Å²) in [5.74, 6) is -0.615. The minimum atomic E-state index is -0.500. The molecule has 2 unspecified atom stereocenters. The van der Waals surface area contributed by atoms with Crippen LogP contribution in [0.25, 0.3) is 0 Å². The van der Waals surface area contributed by atoms with Gasteiger partial charge in [-0.15, -0.1) is 0 Å². The van der Waals surface area contributed by atoms with Gasteiger partial charge in [-0.3, -0.25) is 4.79 Å². The second-order valence-electron chi connectivity index (χ2n) is 6.01. The van der Waals surface area contributed by atoms with Gasteiger partial charge in [-0.1, -0.05) is 46.3 Å². The van der Waals surface area contributed by atoms with Crippen molar-refractivity contribution >= 4 is 21.8 Å². The summed E-state index contributed by atoms with van der Waals surface area (Å²) < 4.78 is 25.7. The summed E-state index contributed by atoms with van der Waals surface area (Å²) >= 11 is 3.19. The van der Waals surface area contributed by atoms with E-state index in [-0.39, 0.29) is 30.5 Å². The van der Waals surface area contributed by atoms with Gasteiger partial charge < -0.3 is 14.4 Å². The SMILES string of the molecule is CC1CN(C(=O)COc2ccc(Br)cc2F)CC(c2ccccc2)O1. The van der Waals surface area contributed by atoms with Crippen LogP contribution in [0.5, 0.6) is 5.75 Å². The fraction of sp³-hybridized carbons (Fsp3) is 0.316. The number of rotatable bonds is 4. The molecule has 25 heavy (non-hydrogen) atoms. The first kappa shape index (κ1) is 17.9. The molecule has 1 fully saturated rings. The van der Waals surface area contributed by atoms with Crippen molar-refractivity contribution in [2.45, 2.75) is 19.1 Å². The van der Waals surface area contributed by atoms with Crippen LogP contribution in [0.15, 0.2) is 53.0 Å². The highest BCUT2D eigenvalue weighted by molar-refractivity contribution is 9.10. The number of nitrogens with zero attached hydrogens (tertiary/aromatic N) is 1. The summed E-state index contributed by atoms with van der Waals surface area (Å²) in [4.78, 5) is 14.2. The standard InChI is InChI=1S/C19H19BrFNO3/c1-13-10-22(11-18(25-13)14-5-3-2-4-6-14)19(23)12-24-17-8-7-15(20)9-16(17)21/h2-9,13,18H,10-12H2,1H3. The van der Waals surface area contributed by atoms with Crippen molar-refractivity contribution in [3.05, 3.63) is 64.4 Å². The highest BCUT2D eigenvalue weighted by atomic mass is 79.9. The Hall–Kier alpha value is -1.92. The molecule has 0 N–H and O–H groups in total. The third-order valence-electron chi connectivity index (χ3n) is 4.03. The number of hydrogen-bond donors (Lipinski definition) is 0. The topological polar surface area (TPSA) is 38.8 Å². The zero-order valence-electron chi connectivity index (χ0n) is 13.8. The largest absolute Gasteiger partial charge is 0.481 e. The van der Waals surface area contributed by atoms with Gasteiger partial charge in [0.1, 0.15) is 6.10 Å². The Morgan fingerprint density at radius 1 is 1.28 bits per heavy atom. The molecular weight excluding hydrogens is 389 g/mol. The summed E-state index contributed by atoms with van der Waals surface area (Å²) in [6.07, 6.45) is -0.245. The van der Waals surface area contributed by atoms with Crippen LogP contribution in [0, 0.1) is 5.82 Å². The number of hydrogen-bond acceptors (Lipinski definition) is 3. The molecule has 0 bridgehead atoms. The third-order valence-corrected chi connectivity index (χ3v) is 4.52. The number of morpholine rings is 1. The van der Waals surface area contributed by atoms with E-state index < -0.39 is 5.82 Å². The van der Waals surface area contributed by atoms with Crippen LogP contribution in [0.2, 0.25) is 0 Å². The van der Waals surface area contributed by atoms with Gasteiger partial charge in [0.25, 0.3) is 5.91 Å². The monoisotopic (exact) mass is 407 g/mol. The highest BCUT2D eigenvalue weighted by Crippen LogP contribution is 2.26. The van der Waals surface area contributed by atoms with Crippen molar-refractivity contribution in [2.24, 2.45) is 0 Å². The molecule has 2 atom stereocenters. The highest BCUT2D eigenvalue weighted by Gasteiger charge is 2.29. The maximum absolute atomic E-state index is 13.8. The lowest BCUT2D eigenvalue weighted by Gasteiger charge is -2.37. The summed E-state index contributed by atoms with van der Waals surface area (Å²) in [5, 5.41) is 0. The molecule has 0 aromatic heterocycles. The molecule has 1 heterocycles. The van der Waals surface area contributed by atoms with E-state index in [1.165, 1.54) is 12.1 Å². The summed E-state index contributed by atoms with van der Waals surface area (Å²) in [6, 6.07) is 14.3. The van der Waals surface area contributed by atoms with Gasteiger partial charge in [0, 0.05) is 11.0 Å². The van der Waals surface area contributed by atoms with Gasteiger partial charge in [-0.2, -0.15) is 0 Å². The normalized spacial score (nSPS) is 20.4. The molecular formula is C19H19BrFNO3. The van der Waals surface area contributed by atoms with Crippen molar-refractivity contribution in [2.75, 3.05) is 19.7 Å². The molecule has 1 saturated heterocycles. The molecule has 3 rings (SSSR count). The average molecular weight is 408 g/mol. The van der Waals surface area contributed by atoms with Gasteiger partial charge in [-0.05, 0) is 30.7 Å². The quantitative estimate of drug-likeness (QED) is 0.769. The van der Waals surface area contributed by atoms with Crippen LogP contribution < -0.4 is 4.74 Å². The summed E-state index contributed by atoms with van der Waals surface area (Å²) in [6.45, 7) is 2.69. The average Bonchev–Trinajstić information content (AvgIpc) is 2.61. The molecule has 6 heteroatoms. The van der Waals surface area contributed by atoms with E-state index in [9.17, 15) is 9.18 Å². The molecule has 1 amide bonds. The maximum atomic E-state index is 13.8. The second kappa shape index (κ2) is 7.97. The predicted octanol–water partition coefficient (Wildman–Crippen LogP) is 3.96. The van der Waals surface area contributed by atoms with Crippen LogP contribution >= 0.6 is 15.9 Å². The Balaban J connectivity index is 1.63. The molecule has 2 aromatic rings. The molecule has 0 saturated carbocycles. The molecule has 1 aliphatic rings. The van der Waals surface area contributed by atoms with Crippen molar-refractivity contribution in [1.29, 1.82) is 0 Å². The van der Waals surface area contributed by atoms with E-state index in [1.807, 2.05) is 37.3 Å². The van der Waals surface area contributed by atoms with E-state index in [4.69, 9.17) is 9.47 Å². The van der Waals surface area contributed by atoms with E-state index in [0.29, 0.717) is 17.6 Å². The van der Waals surface area contributed by atoms with E-state index in [0.717, 1.165) is 5.56 Å².